The summed E-state index contributed by atoms with van der Waals surface area (Å²) in [6, 6.07) is 10.1. The fourth-order valence-corrected chi connectivity index (χ4v) is 4.18. The molecule has 3 rings (SSSR count). The Kier molecular flexibility index (Phi) is 4.05. The van der Waals surface area contributed by atoms with Gasteiger partial charge in [-0.3, -0.25) is 4.79 Å². The van der Waals surface area contributed by atoms with Gasteiger partial charge in [0.05, 0.1) is 15.1 Å². The number of sulfonamides is 1. The number of hydrogen-bond donors (Lipinski definition) is 1. The third kappa shape index (κ3) is 3.19. The van der Waals surface area contributed by atoms with E-state index in [2.05, 4.69) is 4.72 Å². The van der Waals surface area contributed by atoms with Crippen LogP contribution in [0.25, 0.3) is 10.2 Å². The lowest BCUT2D eigenvalue weighted by Crippen LogP contribution is -2.23. The number of rotatable bonds is 4. The van der Waals surface area contributed by atoms with Crippen LogP contribution in [0.1, 0.15) is 5.56 Å². The smallest absolute Gasteiger partial charge is 0.302 e. The first-order valence-electron chi connectivity index (χ1n) is 6.70. The SMILES string of the molecule is Cn1c(=O)sc2cc(S(=O)(=O)NCc3ccc(F)cc3)ccc21. The summed E-state index contributed by atoms with van der Waals surface area (Å²) in [5, 5.41) is 0. The van der Waals surface area contributed by atoms with Crippen LogP contribution in [0.3, 0.4) is 0 Å². The van der Waals surface area contributed by atoms with Crippen molar-refractivity contribution in [3.63, 3.8) is 0 Å². The molecule has 0 saturated carbocycles. The first-order valence-corrected chi connectivity index (χ1v) is 9.00. The number of benzene rings is 2. The van der Waals surface area contributed by atoms with Gasteiger partial charge in [-0.25, -0.2) is 17.5 Å². The molecule has 0 aliphatic carbocycles. The van der Waals surface area contributed by atoms with E-state index in [0.29, 0.717) is 15.8 Å². The Bertz CT molecular complexity index is 1020. The van der Waals surface area contributed by atoms with E-state index in [1.807, 2.05) is 0 Å². The molecule has 0 spiro atoms. The molecule has 1 N–H and O–H groups in total. The molecule has 0 unspecified atom stereocenters. The minimum absolute atomic E-state index is 0.0612. The van der Waals surface area contributed by atoms with E-state index in [4.69, 9.17) is 0 Å². The molecule has 120 valence electrons. The summed E-state index contributed by atoms with van der Waals surface area (Å²) in [6.07, 6.45) is 0. The van der Waals surface area contributed by atoms with Crippen molar-refractivity contribution in [2.45, 2.75) is 11.4 Å². The molecule has 1 aromatic heterocycles. The molecule has 2 aromatic carbocycles. The van der Waals surface area contributed by atoms with Crippen LogP contribution in [-0.4, -0.2) is 13.0 Å². The highest BCUT2D eigenvalue weighted by Crippen LogP contribution is 2.21. The molecule has 8 heteroatoms. The van der Waals surface area contributed by atoms with Gasteiger partial charge in [-0.1, -0.05) is 23.5 Å². The van der Waals surface area contributed by atoms with Gasteiger partial charge >= 0.3 is 4.87 Å². The Hall–Kier alpha value is -2.03. The highest BCUT2D eigenvalue weighted by molar-refractivity contribution is 7.89. The van der Waals surface area contributed by atoms with Crippen molar-refractivity contribution in [3.05, 3.63) is 63.5 Å². The summed E-state index contributed by atoms with van der Waals surface area (Å²) in [5.41, 5.74) is 1.35. The summed E-state index contributed by atoms with van der Waals surface area (Å²) in [5.74, 6) is -0.374. The summed E-state index contributed by atoms with van der Waals surface area (Å²) >= 11 is 0.999. The zero-order valence-corrected chi connectivity index (χ0v) is 13.7. The second-order valence-corrected chi connectivity index (χ2v) is 7.77. The van der Waals surface area contributed by atoms with Crippen LogP contribution in [0.4, 0.5) is 4.39 Å². The van der Waals surface area contributed by atoms with Crippen LogP contribution < -0.4 is 9.60 Å². The van der Waals surface area contributed by atoms with Crippen LogP contribution in [0, 0.1) is 5.82 Å². The number of fused-ring (bicyclic) bond motifs is 1. The number of halogens is 1. The molecule has 0 amide bonds. The molecule has 0 radical (unpaired) electrons. The second-order valence-electron chi connectivity index (χ2n) is 5.01. The predicted octanol–water partition coefficient (Wildman–Crippen LogP) is 2.22. The van der Waals surface area contributed by atoms with E-state index in [1.165, 1.54) is 41.0 Å². The monoisotopic (exact) mass is 352 g/mol. The minimum Gasteiger partial charge on any atom is -0.302 e. The van der Waals surface area contributed by atoms with Crippen molar-refractivity contribution < 1.29 is 12.8 Å². The highest BCUT2D eigenvalue weighted by atomic mass is 32.2. The molecule has 5 nitrogen and oxygen atoms in total. The van der Waals surface area contributed by atoms with Crippen LogP contribution in [-0.2, 0) is 23.6 Å². The van der Waals surface area contributed by atoms with Crippen molar-refractivity contribution in [2.75, 3.05) is 0 Å². The maximum absolute atomic E-state index is 12.8. The minimum atomic E-state index is -3.71. The summed E-state index contributed by atoms with van der Waals surface area (Å²) < 4.78 is 42.1. The first-order chi connectivity index (χ1) is 10.9. The van der Waals surface area contributed by atoms with Gasteiger partial charge in [0.25, 0.3) is 0 Å². The lowest BCUT2D eigenvalue weighted by atomic mass is 10.2. The van der Waals surface area contributed by atoms with Gasteiger partial charge in [0.2, 0.25) is 10.0 Å². The molecule has 0 bridgehead atoms. The standard InChI is InChI=1S/C15H13FN2O3S2/c1-18-13-7-6-12(8-14(13)22-15(18)19)23(20,21)17-9-10-2-4-11(16)5-3-10/h2-8,17H,9H2,1H3. The zero-order valence-electron chi connectivity index (χ0n) is 12.1. The molecular formula is C15H13FN2O3S2. The van der Waals surface area contributed by atoms with Gasteiger partial charge in [-0.05, 0) is 35.9 Å². The van der Waals surface area contributed by atoms with Crippen molar-refractivity contribution in [1.29, 1.82) is 0 Å². The van der Waals surface area contributed by atoms with E-state index in [0.717, 1.165) is 11.3 Å². The van der Waals surface area contributed by atoms with Crippen LogP contribution in [0.5, 0.6) is 0 Å². The number of aromatic nitrogens is 1. The third-order valence-corrected chi connectivity index (χ3v) is 5.85. The lowest BCUT2D eigenvalue weighted by Gasteiger charge is -2.07. The number of thiazole rings is 1. The van der Waals surface area contributed by atoms with Gasteiger partial charge in [0.1, 0.15) is 5.82 Å². The summed E-state index contributed by atoms with van der Waals surface area (Å²) in [6.45, 7) is 0.0612. The van der Waals surface area contributed by atoms with Gasteiger partial charge in [-0.15, -0.1) is 0 Å². The molecule has 0 saturated heterocycles. The van der Waals surface area contributed by atoms with Crippen LogP contribution in [0.15, 0.2) is 52.2 Å². The van der Waals surface area contributed by atoms with Crippen molar-refractivity contribution in [3.8, 4) is 0 Å². The Morgan fingerprint density at radius 3 is 2.57 bits per heavy atom. The van der Waals surface area contributed by atoms with E-state index in [1.54, 1.807) is 13.1 Å². The van der Waals surface area contributed by atoms with Crippen molar-refractivity contribution in [2.24, 2.45) is 7.05 Å². The third-order valence-electron chi connectivity index (χ3n) is 3.45. The molecule has 0 fully saturated rings. The molecule has 0 aliphatic rings. The number of hydrogen-bond acceptors (Lipinski definition) is 4. The highest BCUT2D eigenvalue weighted by Gasteiger charge is 2.16. The zero-order chi connectivity index (χ0) is 16.6. The predicted molar refractivity (Wildman–Crippen MR) is 87.5 cm³/mol. The Morgan fingerprint density at radius 1 is 1.17 bits per heavy atom. The van der Waals surface area contributed by atoms with Gasteiger partial charge in [0.15, 0.2) is 0 Å². The summed E-state index contributed by atoms with van der Waals surface area (Å²) in [4.78, 5) is 11.6. The Balaban J connectivity index is 1.87. The van der Waals surface area contributed by atoms with E-state index in [9.17, 15) is 17.6 Å². The normalized spacial score (nSPS) is 11.9. The van der Waals surface area contributed by atoms with E-state index >= 15 is 0 Å². The number of aryl methyl sites for hydroxylation is 1. The first kappa shape index (κ1) is 15.9. The van der Waals surface area contributed by atoms with Crippen molar-refractivity contribution >= 4 is 31.6 Å². The molecule has 3 aromatic rings. The largest absolute Gasteiger partial charge is 0.307 e. The maximum atomic E-state index is 12.8. The van der Waals surface area contributed by atoms with Gasteiger partial charge < -0.3 is 4.57 Å². The van der Waals surface area contributed by atoms with Crippen LogP contribution in [0.2, 0.25) is 0 Å². The van der Waals surface area contributed by atoms with E-state index in [-0.39, 0.29) is 22.1 Å². The molecular weight excluding hydrogens is 339 g/mol. The average molecular weight is 352 g/mol. The quantitative estimate of drug-likeness (QED) is 0.783. The second kappa shape index (κ2) is 5.88. The van der Waals surface area contributed by atoms with Gasteiger partial charge in [-0.2, -0.15) is 0 Å². The topological polar surface area (TPSA) is 68.2 Å². The van der Waals surface area contributed by atoms with E-state index < -0.39 is 10.0 Å². The molecule has 0 aliphatic heterocycles. The number of nitrogens with zero attached hydrogens (tertiary/aromatic N) is 1. The molecule has 1 heterocycles. The molecule has 0 atom stereocenters. The Labute approximate surface area is 136 Å². The van der Waals surface area contributed by atoms with Crippen molar-refractivity contribution in [1.82, 2.24) is 9.29 Å². The Morgan fingerprint density at radius 2 is 1.87 bits per heavy atom. The number of nitrogens with one attached hydrogen (secondary N) is 1. The fraction of sp³-hybridized carbons (Fsp3) is 0.133. The maximum Gasteiger partial charge on any atom is 0.307 e. The summed E-state index contributed by atoms with van der Waals surface area (Å²) in [7, 11) is -2.07. The van der Waals surface area contributed by atoms with Gasteiger partial charge in [0, 0.05) is 13.6 Å². The fourth-order valence-electron chi connectivity index (χ4n) is 2.15. The lowest BCUT2D eigenvalue weighted by molar-refractivity contribution is 0.581. The average Bonchev–Trinajstić information content (AvgIpc) is 2.81. The van der Waals surface area contributed by atoms with Crippen LogP contribution >= 0.6 is 11.3 Å². The molecule has 23 heavy (non-hydrogen) atoms.